The topological polar surface area (TPSA) is 81.7 Å². The van der Waals surface area contributed by atoms with Gasteiger partial charge in [-0.1, -0.05) is 18.2 Å². The molecule has 0 saturated heterocycles. The van der Waals surface area contributed by atoms with E-state index in [0.29, 0.717) is 5.56 Å². The number of amides is 1. The number of benzene rings is 1. The molecule has 8 nitrogen and oxygen atoms in total. The lowest BCUT2D eigenvalue weighted by Crippen LogP contribution is -2.30. The quantitative estimate of drug-likeness (QED) is 0.342. The molecular formula is C25H25N7OS. The van der Waals surface area contributed by atoms with E-state index in [9.17, 15) is 4.79 Å². The van der Waals surface area contributed by atoms with Crippen molar-refractivity contribution in [1.82, 2.24) is 34.4 Å². The average molecular weight is 472 g/mol. The van der Waals surface area contributed by atoms with Crippen molar-refractivity contribution in [3.05, 3.63) is 77.8 Å². The zero-order valence-electron chi connectivity index (χ0n) is 19.5. The van der Waals surface area contributed by atoms with Crippen molar-refractivity contribution >= 4 is 28.3 Å². The Morgan fingerprint density at radius 1 is 1.09 bits per heavy atom. The third kappa shape index (κ3) is 3.88. The van der Waals surface area contributed by atoms with E-state index in [1.807, 2.05) is 66.5 Å². The van der Waals surface area contributed by atoms with Crippen molar-refractivity contribution in [2.24, 2.45) is 0 Å². The Labute approximate surface area is 201 Å². The first-order valence-electron chi connectivity index (χ1n) is 11.1. The van der Waals surface area contributed by atoms with Crippen molar-refractivity contribution in [3.8, 4) is 16.3 Å². The van der Waals surface area contributed by atoms with Crippen LogP contribution in [0.2, 0.25) is 0 Å². The van der Waals surface area contributed by atoms with Crippen LogP contribution in [0, 0.1) is 0 Å². The Morgan fingerprint density at radius 2 is 1.88 bits per heavy atom. The van der Waals surface area contributed by atoms with Crippen molar-refractivity contribution in [1.29, 1.82) is 0 Å². The summed E-state index contributed by atoms with van der Waals surface area (Å²) in [6, 6.07) is 13.9. The minimum absolute atomic E-state index is 0.0682. The smallest absolute Gasteiger partial charge is 0.254 e. The van der Waals surface area contributed by atoms with Gasteiger partial charge in [0.05, 0.1) is 39.4 Å². The number of rotatable bonds is 6. The van der Waals surface area contributed by atoms with Gasteiger partial charge in [0.15, 0.2) is 5.65 Å². The largest absolute Gasteiger partial charge is 0.335 e. The predicted molar refractivity (Wildman–Crippen MR) is 133 cm³/mol. The molecule has 0 bridgehead atoms. The molecule has 5 aromatic rings. The van der Waals surface area contributed by atoms with Crippen LogP contribution in [0.5, 0.6) is 0 Å². The second kappa shape index (κ2) is 8.83. The third-order valence-corrected chi connectivity index (χ3v) is 6.91. The molecule has 1 atom stereocenters. The minimum Gasteiger partial charge on any atom is -0.335 e. The zero-order valence-corrected chi connectivity index (χ0v) is 20.3. The van der Waals surface area contributed by atoms with E-state index in [1.165, 1.54) is 6.33 Å². The van der Waals surface area contributed by atoms with Crippen LogP contribution in [0.15, 0.2) is 66.7 Å². The van der Waals surface area contributed by atoms with Gasteiger partial charge in [0.25, 0.3) is 5.91 Å². The molecule has 0 aliphatic heterocycles. The van der Waals surface area contributed by atoms with Crippen LogP contribution in [0.25, 0.3) is 27.3 Å². The summed E-state index contributed by atoms with van der Waals surface area (Å²) in [7, 11) is 1.84. The molecule has 0 saturated carbocycles. The molecule has 0 radical (unpaired) electrons. The van der Waals surface area contributed by atoms with Crippen LogP contribution in [0.1, 0.15) is 48.8 Å². The highest BCUT2D eigenvalue weighted by Crippen LogP contribution is 2.31. The number of hydrogen-bond acceptors (Lipinski definition) is 6. The van der Waals surface area contributed by atoms with Crippen molar-refractivity contribution in [2.45, 2.75) is 32.9 Å². The maximum Gasteiger partial charge on any atom is 0.254 e. The fraction of sp³-hybridized carbons (Fsp3) is 0.240. The summed E-state index contributed by atoms with van der Waals surface area (Å²) in [4.78, 5) is 25.4. The molecule has 4 heterocycles. The van der Waals surface area contributed by atoms with Gasteiger partial charge in [0, 0.05) is 13.1 Å². The Balaban J connectivity index is 1.50. The first-order valence-corrected chi connectivity index (χ1v) is 12.0. The molecular weight excluding hydrogens is 446 g/mol. The Bertz CT molecular complexity index is 1420. The van der Waals surface area contributed by atoms with E-state index in [4.69, 9.17) is 4.98 Å². The van der Waals surface area contributed by atoms with Crippen LogP contribution in [-0.4, -0.2) is 47.4 Å². The second-order valence-corrected chi connectivity index (χ2v) is 9.42. The van der Waals surface area contributed by atoms with E-state index in [2.05, 4.69) is 29.0 Å². The molecule has 5 rings (SSSR count). The predicted octanol–water partition coefficient (Wildman–Crippen LogP) is 5.15. The lowest BCUT2D eigenvalue weighted by molar-refractivity contribution is 0.0744. The molecule has 4 aromatic heterocycles. The summed E-state index contributed by atoms with van der Waals surface area (Å²) in [5.41, 5.74) is 4.06. The number of fused-ring (bicyclic) bond motifs is 1. The van der Waals surface area contributed by atoms with Gasteiger partial charge in [0.1, 0.15) is 12.7 Å². The summed E-state index contributed by atoms with van der Waals surface area (Å²) in [6.45, 7) is 6.15. The van der Waals surface area contributed by atoms with Crippen LogP contribution in [0.4, 0.5) is 0 Å². The molecule has 0 aliphatic rings. The minimum atomic E-state index is -0.133. The van der Waals surface area contributed by atoms with E-state index in [-0.39, 0.29) is 18.0 Å². The molecule has 172 valence electrons. The van der Waals surface area contributed by atoms with E-state index in [1.54, 1.807) is 33.4 Å². The van der Waals surface area contributed by atoms with Crippen LogP contribution >= 0.6 is 11.3 Å². The average Bonchev–Trinajstić information content (AvgIpc) is 3.63. The van der Waals surface area contributed by atoms with Gasteiger partial charge in [-0.05, 0) is 56.0 Å². The third-order valence-electron chi connectivity index (χ3n) is 6.02. The molecule has 1 amide bonds. The normalized spacial score (nSPS) is 12.4. The van der Waals surface area contributed by atoms with E-state index < -0.39 is 0 Å². The van der Waals surface area contributed by atoms with Gasteiger partial charge in [-0.3, -0.25) is 4.79 Å². The van der Waals surface area contributed by atoms with Crippen molar-refractivity contribution < 1.29 is 4.79 Å². The van der Waals surface area contributed by atoms with Crippen LogP contribution in [-0.2, 0) is 0 Å². The Morgan fingerprint density at radius 3 is 2.53 bits per heavy atom. The molecule has 0 N–H and O–H groups in total. The Hall–Kier alpha value is -3.85. The SMILES string of the molecule is CC(c1ccc(-n2cncn2)cc1)N(C)C(=O)c1cc(-c2cccs2)nc2c1cnn2C(C)C. The fourth-order valence-corrected chi connectivity index (χ4v) is 4.65. The monoisotopic (exact) mass is 471 g/mol. The number of nitrogens with zero attached hydrogens (tertiary/aromatic N) is 7. The molecule has 0 fully saturated rings. The van der Waals surface area contributed by atoms with Gasteiger partial charge >= 0.3 is 0 Å². The highest BCUT2D eigenvalue weighted by Gasteiger charge is 2.24. The standard InChI is InChI=1S/C25H25N7OS/c1-16(2)32-24-21(13-27-32)20(12-22(29-24)23-6-5-11-34-23)25(33)30(4)17(3)18-7-9-19(10-8-18)31-15-26-14-28-31/h5-17H,1-4H3. The lowest BCUT2D eigenvalue weighted by atomic mass is 10.0. The van der Waals surface area contributed by atoms with Crippen molar-refractivity contribution in [3.63, 3.8) is 0 Å². The number of hydrogen-bond donors (Lipinski definition) is 0. The van der Waals surface area contributed by atoms with E-state index >= 15 is 0 Å². The summed E-state index contributed by atoms with van der Waals surface area (Å²) in [6.07, 6.45) is 4.91. The van der Waals surface area contributed by atoms with E-state index in [0.717, 1.165) is 32.9 Å². The maximum atomic E-state index is 13.8. The van der Waals surface area contributed by atoms with Crippen LogP contribution < -0.4 is 0 Å². The number of thiophene rings is 1. The summed E-state index contributed by atoms with van der Waals surface area (Å²) in [5, 5.41) is 11.5. The summed E-state index contributed by atoms with van der Waals surface area (Å²) < 4.78 is 3.57. The number of carbonyl (C=O) groups is 1. The maximum absolute atomic E-state index is 13.8. The van der Waals surface area contributed by atoms with Gasteiger partial charge in [-0.2, -0.15) is 10.2 Å². The highest BCUT2D eigenvalue weighted by molar-refractivity contribution is 7.13. The molecule has 0 spiro atoms. The molecule has 0 aliphatic carbocycles. The fourth-order valence-electron chi connectivity index (χ4n) is 3.96. The highest BCUT2D eigenvalue weighted by atomic mass is 32.1. The van der Waals surface area contributed by atoms with Crippen molar-refractivity contribution in [2.75, 3.05) is 7.05 Å². The summed E-state index contributed by atoms with van der Waals surface area (Å²) >= 11 is 1.60. The summed E-state index contributed by atoms with van der Waals surface area (Å²) in [5.74, 6) is -0.0682. The first-order chi connectivity index (χ1) is 16.4. The first kappa shape index (κ1) is 22.0. The lowest BCUT2D eigenvalue weighted by Gasteiger charge is -2.26. The molecule has 34 heavy (non-hydrogen) atoms. The van der Waals surface area contributed by atoms with Gasteiger partial charge in [-0.15, -0.1) is 11.3 Å². The number of carbonyl (C=O) groups excluding carboxylic acids is 1. The second-order valence-electron chi connectivity index (χ2n) is 8.48. The number of pyridine rings is 1. The number of aromatic nitrogens is 6. The van der Waals surface area contributed by atoms with Crippen LogP contribution in [0.3, 0.4) is 0 Å². The van der Waals surface area contributed by atoms with Gasteiger partial charge < -0.3 is 4.90 Å². The van der Waals surface area contributed by atoms with Gasteiger partial charge in [-0.25, -0.2) is 19.3 Å². The molecule has 9 heteroatoms. The molecule has 1 aromatic carbocycles. The molecule has 1 unspecified atom stereocenters. The van der Waals surface area contributed by atoms with Gasteiger partial charge in [0.2, 0.25) is 0 Å². The Kier molecular flexibility index (Phi) is 5.70. The zero-order chi connectivity index (χ0) is 23.8.